The van der Waals surface area contributed by atoms with Gasteiger partial charge in [0.25, 0.3) is 0 Å². The molecule has 0 amide bonds. The number of H-pyrrole nitrogens is 1. The molecule has 3 heterocycles. The lowest BCUT2D eigenvalue weighted by atomic mass is 9.98. The van der Waals surface area contributed by atoms with Gasteiger partial charge in [-0.1, -0.05) is 0 Å². The van der Waals surface area contributed by atoms with Crippen LogP contribution >= 0.6 is 0 Å². The molecule has 0 aliphatic carbocycles. The third-order valence-corrected chi connectivity index (χ3v) is 3.59. The number of nitrogens with one attached hydrogen (secondary N) is 2. The molecule has 1 saturated heterocycles. The Kier molecular flexibility index (Phi) is 3.15. The molecule has 2 N–H and O–H groups in total. The maximum atomic E-state index is 4.53. The van der Waals surface area contributed by atoms with E-state index in [2.05, 4.69) is 33.5 Å². The Morgan fingerprint density at radius 1 is 1.33 bits per heavy atom. The van der Waals surface area contributed by atoms with E-state index in [9.17, 15) is 0 Å². The van der Waals surface area contributed by atoms with Gasteiger partial charge in [-0.2, -0.15) is 5.10 Å². The van der Waals surface area contributed by atoms with Crippen molar-refractivity contribution in [1.29, 1.82) is 0 Å². The van der Waals surface area contributed by atoms with Crippen molar-refractivity contribution in [3.8, 4) is 11.3 Å². The second-order valence-corrected chi connectivity index (χ2v) is 4.79. The van der Waals surface area contributed by atoms with E-state index < -0.39 is 0 Å². The summed E-state index contributed by atoms with van der Waals surface area (Å²) in [6.07, 6.45) is 8.21. The minimum atomic E-state index is 0.571. The fraction of sp³-hybridized carbons (Fsp3) is 0.538. The lowest BCUT2D eigenvalue weighted by Gasteiger charge is -2.20. The van der Waals surface area contributed by atoms with Crippen molar-refractivity contribution in [3.05, 3.63) is 24.4 Å². The van der Waals surface area contributed by atoms with Gasteiger partial charge < -0.3 is 10.3 Å². The second-order valence-electron chi connectivity index (χ2n) is 4.79. The van der Waals surface area contributed by atoms with Gasteiger partial charge in [0.15, 0.2) is 0 Å². The van der Waals surface area contributed by atoms with Gasteiger partial charge in [0, 0.05) is 24.2 Å². The lowest BCUT2D eigenvalue weighted by Crippen LogP contribution is -2.27. The van der Waals surface area contributed by atoms with Crippen LogP contribution in [-0.4, -0.2) is 32.8 Å². The summed E-state index contributed by atoms with van der Waals surface area (Å²) in [4.78, 5) is 7.98. The van der Waals surface area contributed by atoms with Crippen LogP contribution in [0.1, 0.15) is 31.5 Å². The van der Waals surface area contributed by atoms with E-state index in [1.165, 1.54) is 12.8 Å². The minimum absolute atomic E-state index is 0.571. The van der Waals surface area contributed by atoms with Gasteiger partial charge in [-0.3, -0.25) is 4.68 Å². The van der Waals surface area contributed by atoms with E-state index in [1.54, 1.807) is 0 Å². The third-order valence-electron chi connectivity index (χ3n) is 3.59. The largest absolute Gasteiger partial charge is 0.342 e. The smallest absolute Gasteiger partial charge is 0.109 e. The number of piperidine rings is 1. The molecule has 0 bridgehead atoms. The van der Waals surface area contributed by atoms with Crippen LogP contribution in [0.2, 0.25) is 0 Å². The fourth-order valence-electron chi connectivity index (χ4n) is 2.46. The van der Waals surface area contributed by atoms with Gasteiger partial charge in [0.2, 0.25) is 0 Å². The minimum Gasteiger partial charge on any atom is -0.342 e. The third kappa shape index (κ3) is 2.18. The molecule has 96 valence electrons. The van der Waals surface area contributed by atoms with E-state index in [1.807, 2.05) is 17.1 Å². The highest BCUT2D eigenvalue weighted by molar-refractivity contribution is 5.56. The van der Waals surface area contributed by atoms with Crippen molar-refractivity contribution in [1.82, 2.24) is 25.1 Å². The molecule has 0 aromatic carbocycles. The monoisotopic (exact) mass is 245 g/mol. The number of nitrogens with zero attached hydrogens (tertiary/aromatic N) is 3. The molecule has 0 spiro atoms. The zero-order valence-corrected chi connectivity index (χ0v) is 10.7. The first kappa shape index (κ1) is 11.5. The SMILES string of the molecule is CCn1cc(-c2cnc(C3CCNCC3)[nH]2)cn1. The van der Waals surface area contributed by atoms with E-state index in [4.69, 9.17) is 0 Å². The highest BCUT2D eigenvalue weighted by atomic mass is 15.3. The Bertz CT molecular complexity index is 507. The second kappa shape index (κ2) is 4.94. The zero-order chi connectivity index (χ0) is 12.4. The average molecular weight is 245 g/mol. The van der Waals surface area contributed by atoms with E-state index in [-0.39, 0.29) is 0 Å². The Hall–Kier alpha value is -1.62. The lowest BCUT2D eigenvalue weighted by molar-refractivity contribution is 0.447. The molecule has 0 saturated carbocycles. The van der Waals surface area contributed by atoms with Crippen molar-refractivity contribution >= 4 is 0 Å². The molecule has 5 nitrogen and oxygen atoms in total. The molecular weight excluding hydrogens is 226 g/mol. The molecule has 3 rings (SSSR count). The molecule has 1 aliphatic rings. The summed E-state index contributed by atoms with van der Waals surface area (Å²) in [5.41, 5.74) is 2.19. The summed E-state index contributed by atoms with van der Waals surface area (Å²) in [5, 5.41) is 7.67. The predicted molar refractivity (Wildman–Crippen MR) is 70.3 cm³/mol. The van der Waals surface area contributed by atoms with Crippen LogP contribution in [0.25, 0.3) is 11.3 Å². The van der Waals surface area contributed by atoms with Crippen LogP contribution in [0.3, 0.4) is 0 Å². The molecule has 0 atom stereocenters. The first-order valence-corrected chi connectivity index (χ1v) is 6.65. The fourth-order valence-corrected chi connectivity index (χ4v) is 2.46. The zero-order valence-electron chi connectivity index (χ0n) is 10.7. The number of aryl methyl sites for hydroxylation is 1. The van der Waals surface area contributed by atoms with Crippen molar-refractivity contribution in [2.24, 2.45) is 0 Å². The summed E-state index contributed by atoms with van der Waals surface area (Å²) >= 11 is 0. The standard InChI is InChI=1S/C13H19N5/c1-2-18-9-11(7-16-18)12-8-15-13(17-12)10-3-5-14-6-4-10/h7-10,14H,2-6H2,1H3,(H,15,17). The number of hydrogen-bond acceptors (Lipinski definition) is 3. The highest BCUT2D eigenvalue weighted by Gasteiger charge is 2.18. The summed E-state index contributed by atoms with van der Waals surface area (Å²) in [5.74, 6) is 1.69. The first-order valence-electron chi connectivity index (χ1n) is 6.65. The molecule has 18 heavy (non-hydrogen) atoms. The van der Waals surface area contributed by atoms with Crippen LogP contribution in [0, 0.1) is 0 Å². The van der Waals surface area contributed by atoms with Crippen LogP contribution in [0.4, 0.5) is 0 Å². The number of hydrogen-bond donors (Lipinski definition) is 2. The molecule has 1 aliphatic heterocycles. The maximum Gasteiger partial charge on any atom is 0.109 e. The number of imidazole rings is 1. The number of aromatic nitrogens is 4. The first-order chi connectivity index (χ1) is 8.86. The van der Waals surface area contributed by atoms with Crippen molar-refractivity contribution < 1.29 is 0 Å². The Morgan fingerprint density at radius 3 is 2.89 bits per heavy atom. The van der Waals surface area contributed by atoms with Crippen LogP contribution in [0.5, 0.6) is 0 Å². The Morgan fingerprint density at radius 2 is 2.17 bits per heavy atom. The van der Waals surface area contributed by atoms with Crippen molar-refractivity contribution in [2.75, 3.05) is 13.1 Å². The summed E-state index contributed by atoms with van der Waals surface area (Å²) < 4.78 is 1.93. The Balaban J connectivity index is 1.79. The van der Waals surface area contributed by atoms with E-state index in [0.717, 1.165) is 36.7 Å². The van der Waals surface area contributed by atoms with E-state index >= 15 is 0 Å². The van der Waals surface area contributed by atoms with Gasteiger partial charge in [0.05, 0.1) is 18.1 Å². The Labute approximate surface area is 107 Å². The molecule has 2 aromatic heterocycles. The molecule has 1 fully saturated rings. The molecule has 0 unspecified atom stereocenters. The van der Waals surface area contributed by atoms with Gasteiger partial charge >= 0.3 is 0 Å². The number of aromatic amines is 1. The summed E-state index contributed by atoms with van der Waals surface area (Å²) in [7, 11) is 0. The molecule has 0 radical (unpaired) electrons. The summed E-state index contributed by atoms with van der Waals surface area (Å²) in [6, 6.07) is 0. The van der Waals surface area contributed by atoms with Gasteiger partial charge in [-0.25, -0.2) is 4.98 Å². The van der Waals surface area contributed by atoms with Crippen LogP contribution in [-0.2, 0) is 6.54 Å². The normalized spacial score (nSPS) is 17.2. The van der Waals surface area contributed by atoms with Crippen LogP contribution in [0.15, 0.2) is 18.6 Å². The molecule has 5 heteroatoms. The topological polar surface area (TPSA) is 58.5 Å². The highest BCUT2D eigenvalue weighted by Crippen LogP contribution is 2.25. The van der Waals surface area contributed by atoms with E-state index in [0.29, 0.717) is 5.92 Å². The quantitative estimate of drug-likeness (QED) is 0.866. The van der Waals surface area contributed by atoms with Crippen molar-refractivity contribution in [2.45, 2.75) is 32.2 Å². The van der Waals surface area contributed by atoms with Crippen molar-refractivity contribution in [3.63, 3.8) is 0 Å². The molecule has 2 aromatic rings. The average Bonchev–Trinajstić information content (AvgIpc) is 3.08. The van der Waals surface area contributed by atoms with Crippen LogP contribution < -0.4 is 5.32 Å². The maximum absolute atomic E-state index is 4.53. The molecular formula is C13H19N5. The number of rotatable bonds is 3. The summed E-state index contributed by atoms with van der Waals surface area (Å²) in [6.45, 7) is 5.17. The van der Waals surface area contributed by atoms with Gasteiger partial charge in [-0.05, 0) is 32.9 Å². The predicted octanol–water partition coefficient (Wildman–Crippen LogP) is 1.76. The van der Waals surface area contributed by atoms with Gasteiger partial charge in [0.1, 0.15) is 5.82 Å². The van der Waals surface area contributed by atoms with Gasteiger partial charge in [-0.15, -0.1) is 0 Å².